The smallest absolute Gasteiger partial charge is 0.282 e. The van der Waals surface area contributed by atoms with Crippen LogP contribution in [0.3, 0.4) is 0 Å². The fourth-order valence-corrected chi connectivity index (χ4v) is 6.80. The Bertz CT molecular complexity index is 1410. The number of aryl methyl sites for hydroxylation is 2. The summed E-state index contributed by atoms with van der Waals surface area (Å²) in [6, 6.07) is 1.16. The van der Waals surface area contributed by atoms with Crippen LogP contribution >= 0.6 is 11.3 Å². The molecule has 0 spiro atoms. The van der Waals surface area contributed by atoms with Gasteiger partial charge in [-0.05, 0) is 56.4 Å². The number of anilines is 3. The van der Waals surface area contributed by atoms with E-state index in [4.69, 9.17) is 0 Å². The van der Waals surface area contributed by atoms with Gasteiger partial charge in [-0.15, -0.1) is 21.5 Å². The molecule has 1 atom stereocenters. The topological polar surface area (TPSA) is 119 Å². The summed E-state index contributed by atoms with van der Waals surface area (Å²) < 4.78 is 42.8. The lowest BCUT2D eigenvalue weighted by atomic mass is 9.83. The quantitative estimate of drug-likeness (QED) is 0.340. The Labute approximate surface area is 232 Å². The minimum Gasteiger partial charge on any atom is -0.352 e. The molecule has 0 unspecified atom stereocenters. The highest BCUT2D eigenvalue weighted by Gasteiger charge is 2.37. The molecule has 3 heterocycles. The van der Waals surface area contributed by atoms with Gasteiger partial charge in [0.15, 0.2) is 0 Å². The number of hydrogen-bond donors (Lipinski definition) is 3. The Morgan fingerprint density at radius 2 is 2.02 bits per heavy atom. The molecule has 14 heteroatoms. The van der Waals surface area contributed by atoms with Crippen molar-refractivity contribution >= 4 is 39.9 Å². The van der Waals surface area contributed by atoms with Crippen LogP contribution in [0.2, 0.25) is 0 Å². The molecule has 40 heavy (non-hydrogen) atoms. The third kappa shape index (κ3) is 5.20. The third-order valence-electron chi connectivity index (χ3n) is 8.25. The van der Waals surface area contributed by atoms with Gasteiger partial charge in [-0.1, -0.05) is 6.42 Å². The van der Waals surface area contributed by atoms with Gasteiger partial charge in [0.05, 0.1) is 5.56 Å². The summed E-state index contributed by atoms with van der Waals surface area (Å²) in [7, 11) is 1.56. The van der Waals surface area contributed by atoms with E-state index in [-0.39, 0.29) is 42.3 Å². The standard InChI is InChI=1S/C26H31F3N8O2S/c1-36-20(10-18(35-36)22(28)29)32-26-34-31-12-37(26)16-5-6-19-17(9-16)21(24(39)30-11-13-3-2-4-13)25(40-19)33-23(38)14-7-15(27)8-14/h10,12-16,22H,2-9,11H2,1H3,(H,30,39)(H,32,34)(H,33,38)/t14?,15?,16-/m0/s1. The average Bonchev–Trinajstić information content (AvgIpc) is 3.58. The lowest BCUT2D eigenvalue weighted by Gasteiger charge is -2.28. The van der Waals surface area contributed by atoms with Crippen LogP contribution in [-0.2, 0) is 24.7 Å². The second kappa shape index (κ2) is 10.9. The number of hydrogen-bond acceptors (Lipinski definition) is 7. The second-order valence-electron chi connectivity index (χ2n) is 10.9. The van der Waals surface area contributed by atoms with Gasteiger partial charge in [0.2, 0.25) is 11.9 Å². The van der Waals surface area contributed by atoms with Crippen LogP contribution in [0.4, 0.5) is 29.9 Å². The first-order valence-corrected chi connectivity index (χ1v) is 14.4. The lowest BCUT2D eigenvalue weighted by molar-refractivity contribution is -0.124. The maximum atomic E-state index is 13.5. The van der Waals surface area contributed by atoms with Crippen molar-refractivity contribution < 1.29 is 22.8 Å². The lowest BCUT2D eigenvalue weighted by Crippen LogP contribution is -2.36. The number of nitrogens with one attached hydrogen (secondary N) is 3. The third-order valence-corrected chi connectivity index (χ3v) is 9.46. The molecule has 2 fully saturated rings. The zero-order valence-corrected chi connectivity index (χ0v) is 22.8. The summed E-state index contributed by atoms with van der Waals surface area (Å²) in [5.41, 5.74) is 1.01. The number of carbonyl (C=O) groups is 2. The van der Waals surface area contributed by atoms with E-state index in [9.17, 15) is 22.8 Å². The first kappa shape index (κ1) is 26.8. The van der Waals surface area contributed by atoms with Crippen molar-refractivity contribution in [3.05, 3.63) is 34.1 Å². The van der Waals surface area contributed by atoms with E-state index in [2.05, 4.69) is 31.2 Å². The highest BCUT2D eigenvalue weighted by molar-refractivity contribution is 7.17. The maximum Gasteiger partial charge on any atom is 0.282 e. The normalized spacial score (nSPS) is 22.4. The van der Waals surface area contributed by atoms with Crippen molar-refractivity contribution in [3.63, 3.8) is 0 Å². The summed E-state index contributed by atoms with van der Waals surface area (Å²) in [6.07, 6.45) is 3.64. The molecule has 3 aliphatic carbocycles. The highest BCUT2D eigenvalue weighted by Crippen LogP contribution is 2.43. The molecule has 3 aliphatic rings. The second-order valence-corrected chi connectivity index (χ2v) is 12.0. The number of aromatic nitrogens is 5. The number of fused-ring (bicyclic) bond motifs is 1. The molecule has 0 aliphatic heterocycles. The molecule has 0 aromatic carbocycles. The number of carbonyl (C=O) groups excluding carboxylic acids is 2. The SMILES string of the molecule is Cn1nc(C(F)F)cc1Nc1nncn1[C@H]1CCc2sc(NC(=O)C3CC(F)C3)c(C(=O)NCC3CCC3)c2C1. The number of thiophene rings is 1. The molecule has 3 aromatic rings. The number of amides is 2. The van der Waals surface area contributed by atoms with Gasteiger partial charge in [0, 0.05) is 36.5 Å². The first-order valence-electron chi connectivity index (χ1n) is 13.6. The predicted molar refractivity (Wildman–Crippen MR) is 143 cm³/mol. The Morgan fingerprint density at radius 3 is 2.70 bits per heavy atom. The van der Waals surface area contributed by atoms with E-state index in [0.717, 1.165) is 29.7 Å². The summed E-state index contributed by atoms with van der Waals surface area (Å²) in [5, 5.41) is 21.6. The molecule has 0 bridgehead atoms. The summed E-state index contributed by atoms with van der Waals surface area (Å²) in [5.74, 6) is 0.363. The van der Waals surface area contributed by atoms with Crippen LogP contribution in [0.25, 0.3) is 0 Å². The van der Waals surface area contributed by atoms with Crippen LogP contribution in [0, 0.1) is 11.8 Å². The van der Waals surface area contributed by atoms with Crippen molar-refractivity contribution in [1.82, 2.24) is 29.9 Å². The van der Waals surface area contributed by atoms with E-state index < -0.39 is 12.6 Å². The number of rotatable bonds is 9. The van der Waals surface area contributed by atoms with Gasteiger partial charge in [-0.2, -0.15) is 5.10 Å². The zero-order valence-electron chi connectivity index (χ0n) is 22.0. The molecule has 10 nitrogen and oxygen atoms in total. The molecule has 6 rings (SSSR count). The summed E-state index contributed by atoms with van der Waals surface area (Å²) in [6.45, 7) is 0.594. The highest BCUT2D eigenvalue weighted by atomic mass is 32.1. The van der Waals surface area contributed by atoms with Crippen LogP contribution in [0.1, 0.15) is 77.5 Å². The van der Waals surface area contributed by atoms with Crippen LogP contribution in [0.15, 0.2) is 12.4 Å². The Balaban J connectivity index is 1.24. The van der Waals surface area contributed by atoms with Crippen LogP contribution in [0.5, 0.6) is 0 Å². The fraction of sp³-hybridized carbons (Fsp3) is 0.577. The van der Waals surface area contributed by atoms with E-state index in [1.165, 1.54) is 28.5 Å². The zero-order chi connectivity index (χ0) is 28.0. The largest absolute Gasteiger partial charge is 0.352 e. The molecular weight excluding hydrogens is 545 g/mol. The molecule has 3 N–H and O–H groups in total. The Kier molecular flexibility index (Phi) is 7.27. The molecule has 214 valence electrons. The van der Waals surface area contributed by atoms with E-state index in [1.54, 1.807) is 13.4 Å². The van der Waals surface area contributed by atoms with Gasteiger partial charge in [-0.3, -0.25) is 18.8 Å². The van der Waals surface area contributed by atoms with Crippen molar-refractivity contribution in [2.24, 2.45) is 18.9 Å². The van der Waals surface area contributed by atoms with Crippen LogP contribution < -0.4 is 16.0 Å². The van der Waals surface area contributed by atoms with Gasteiger partial charge in [0.25, 0.3) is 12.3 Å². The number of nitrogens with zero attached hydrogens (tertiary/aromatic N) is 5. The van der Waals surface area contributed by atoms with Gasteiger partial charge < -0.3 is 16.0 Å². The number of alkyl halides is 3. The van der Waals surface area contributed by atoms with E-state index in [0.29, 0.717) is 47.6 Å². The monoisotopic (exact) mass is 576 g/mol. The van der Waals surface area contributed by atoms with Gasteiger partial charge in [0.1, 0.15) is 29.0 Å². The molecule has 2 saturated carbocycles. The summed E-state index contributed by atoms with van der Waals surface area (Å²) >= 11 is 1.41. The summed E-state index contributed by atoms with van der Waals surface area (Å²) in [4.78, 5) is 27.3. The minimum absolute atomic E-state index is 0.108. The van der Waals surface area contributed by atoms with E-state index in [1.807, 2.05) is 4.57 Å². The molecule has 0 saturated heterocycles. The molecule has 0 radical (unpaired) electrons. The predicted octanol–water partition coefficient (Wildman–Crippen LogP) is 4.70. The van der Waals surface area contributed by atoms with E-state index >= 15 is 0 Å². The van der Waals surface area contributed by atoms with Crippen molar-refractivity contribution in [1.29, 1.82) is 0 Å². The van der Waals surface area contributed by atoms with Crippen molar-refractivity contribution in [2.45, 2.75) is 70.0 Å². The maximum absolute atomic E-state index is 13.5. The first-order chi connectivity index (χ1) is 19.3. The van der Waals surface area contributed by atoms with Gasteiger partial charge in [-0.25, -0.2) is 13.2 Å². The molecule has 3 aromatic heterocycles. The molecule has 2 amide bonds. The van der Waals surface area contributed by atoms with Crippen molar-refractivity contribution in [3.8, 4) is 0 Å². The minimum atomic E-state index is -2.69. The van der Waals surface area contributed by atoms with Gasteiger partial charge >= 0.3 is 0 Å². The Morgan fingerprint density at radius 1 is 1.23 bits per heavy atom. The van der Waals surface area contributed by atoms with Crippen LogP contribution in [-0.4, -0.2) is 49.1 Å². The average molecular weight is 577 g/mol. The molecular formula is C26H31F3N8O2S. The van der Waals surface area contributed by atoms with Crippen molar-refractivity contribution in [2.75, 3.05) is 17.2 Å². The number of halogens is 3. The Hall–Kier alpha value is -3.42. The fourth-order valence-electron chi connectivity index (χ4n) is 5.56.